The van der Waals surface area contributed by atoms with E-state index < -0.39 is 0 Å². The highest BCUT2D eigenvalue weighted by atomic mass is 14.9. The SMILES string of the molecule is N#CC(C#N)=C(C#N)C=Cn1c2ccccc2c2ccccc21. The van der Waals surface area contributed by atoms with Gasteiger partial charge in [-0.25, -0.2) is 0 Å². The van der Waals surface area contributed by atoms with Crippen LogP contribution >= 0.6 is 0 Å². The Kier molecular flexibility index (Phi) is 3.63. The Hall–Kier alpha value is -3.81. The third-order valence-electron chi connectivity index (χ3n) is 3.62. The van der Waals surface area contributed by atoms with Crippen LogP contribution in [0.1, 0.15) is 0 Å². The standard InChI is InChI=1S/C19H10N4/c20-11-14(15(12-21)13-22)9-10-23-18-7-3-1-5-16(18)17-6-2-4-8-19(17)23/h1-10H. The smallest absolute Gasteiger partial charge is 0.147 e. The second-order valence-corrected chi connectivity index (χ2v) is 4.84. The molecule has 0 spiro atoms. The van der Waals surface area contributed by atoms with Gasteiger partial charge in [0.25, 0.3) is 0 Å². The van der Waals surface area contributed by atoms with E-state index in [1.54, 1.807) is 18.3 Å². The fourth-order valence-corrected chi connectivity index (χ4v) is 2.58. The van der Waals surface area contributed by atoms with E-state index in [9.17, 15) is 0 Å². The first-order valence-corrected chi connectivity index (χ1v) is 6.90. The van der Waals surface area contributed by atoms with Gasteiger partial charge in [0.2, 0.25) is 0 Å². The lowest BCUT2D eigenvalue weighted by molar-refractivity contribution is 1.29. The monoisotopic (exact) mass is 294 g/mol. The van der Waals surface area contributed by atoms with Gasteiger partial charge in [0, 0.05) is 17.0 Å². The molecule has 0 aliphatic heterocycles. The number of allylic oxidation sites excluding steroid dienone is 3. The van der Waals surface area contributed by atoms with Crippen LogP contribution in [-0.4, -0.2) is 4.57 Å². The molecule has 1 aromatic heterocycles. The molecule has 106 valence electrons. The molecule has 3 aromatic rings. The highest BCUT2D eigenvalue weighted by molar-refractivity contribution is 6.09. The van der Waals surface area contributed by atoms with Crippen LogP contribution in [0, 0.1) is 34.0 Å². The van der Waals surface area contributed by atoms with Crippen LogP contribution in [0.4, 0.5) is 0 Å². The van der Waals surface area contributed by atoms with Gasteiger partial charge in [-0.3, -0.25) is 0 Å². The number of hydrogen-bond acceptors (Lipinski definition) is 3. The van der Waals surface area contributed by atoms with Crippen molar-refractivity contribution in [2.75, 3.05) is 0 Å². The maximum absolute atomic E-state index is 9.14. The number of aromatic nitrogens is 1. The molecular weight excluding hydrogens is 284 g/mol. The lowest BCUT2D eigenvalue weighted by Gasteiger charge is -2.00. The molecule has 4 nitrogen and oxygen atoms in total. The Balaban J connectivity index is 2.27. The lowest BCUT2D eigenvalue weighted by Crippen LogP contribution is -1.87. The fraction of sp³-hybridized carbons (Fsp3) is 0. The Morgan fingerprint density at radius 1 is 0.783 bits per heavy atom. The van der Waals surface area contributed by atoms with Crippen molar-refractivity contribution in [2.45, 2.75) is 0 Å². The first-order chi connectivity index (χ1) is 11.3. The van der Waals surface area contributed by atoms with Gasteiger partial charge in [-0.15, -0.1) is 0 Å². The molecule has 0 radical (unpaired) electrons. The van der Waals surface area contributed by atoms with Crippen LogP contribution in [0.2, 0.25) is 0 Å². The van der Waals surface area contributed by atoms with E-state index in [2.05, 4.69) is 0 Å². The largest absolute Gasteiger partial charge is 0.316 e. The van der Waals surface area contributed by atoms with Gasteiger partial charge >= 0.3 is 0 Å². The second kappa shape index (κ2) is 5.90. The van der Waals surface area contributed by atoms with Gasteiger partial charge in [-0.1, -0.05) is 36.4 Å². The molecule has 0 bridgehead atoms. The van der Waals surface area contributed by atoms with Crippen molar-refractivity contribution in [3.05, 3.63) is 65.8 Å². The third-order valence-corrected chi connectivity index (χ3v) is 3.62. The predicted octanol–water partition coefficient (Wildman–Crippen LogP) is 4.13. The summed E-state index contributed by atoms with van der Waals surface area (Å²) in [6.45, 7) is 0. The van der Waals surface area contributed by atoms with Crippen LogP contribution in [0.15, 0.2) is 65.8 Å². The third kappa shape index (κ3) is 2.33. The molecule has 0 amide bonds. The number of fused-ring (bicyclic) bond motifs is 3. The molecule has 0 aliphatic carbocycles. The van der Waals surface area contributed by atoms with Crippen molar-refractivity contribution in [3.8, 4) is 18.2 Å². The molecular formula is C19H10N4. The summed E-state index contributed by atoms with van der Waals surface area (Å²) in [6.07, 6.45) is 3.22. The Morgan fingerprint density at radius 2 is 1.30 bits per heavy atom. The Bertz CT molecular complexity index is 1020. The van der Waals surface area contributed by atoms with E-state index in [0.29, 0.717) is 0 Å². The normalized spacial score (nSPS) is 10.3. The van der Waals surface area contributed by atoms with Gasteiger partial charge in [-0.2, -0.15) is 15.8 Å². The Labute approximate surface area is 133 Å². The zero-order chi connectivity index (χ0) is 16.2. The van der Waals surface area contributed by atoms with Gasteiger partial charge in [-0.05, 0) is 18.2 Å². The first-order valence-electron chi connectivity index (χ1n) is 6.90. The number of hydrogen-bond donors (Lipinski definition) is 0. The molecule has 0 saturated carbocycles. The van der Waals surface area contributed by atoms with E-state index in [1.807, 2.05) is 59.2 Å². The quantitative estimate of drug-likeness (QED) is 0.526. The molecule has 3 rings (SSSR count). The van der Waals surface area contributed by atoms with Crippen molar-refractivity contribution in [1.29, 1.82) is 15.8 Å². The number of para-hydroxylation sites is 2. The molecule has 0 aliphatic rings. The van der Waals surface area contributed by atoms with E-state index in [1.165, 1.54) is 6.08 Å². The topological polar surface area (TPSA) is 76.3 Å². The zero-order valence-electron chi connectivity index (χ0n) is 12.1. The number of rotatable bonds is 2. The molecule has 4 heteroatoms. The zero-order valence-corrected chi connectivity index (χ0v) is 12.1. The van der Waals surface area contributed by atoms with E-state index in [0.717, 1.165) is 21.8 Å². The van der Waals surface area contributed by atoms with Gasteiger partial charge in [0.1, 0.15) is 23.8 Å². The molecule has 0 atom stereocenters. The molecule has 2 aromatic carbocycles. The van der Waals surface area contributed by atoms with Crippen LogP contribution in [0.3, 0.4) is 0 Å². The average Bonchev–Trinajstić information content (AvgIpc) is 2.93. The molecule has 23 heavy (non-hydrogen) atoms. The average molecular weight is 294 g/mol. The summed E-state index contributed by atoms with van der Waals surface area (Å²) in [5.41, 5.74) is 1.86. The number of nitrogens with zero attached hydrogens (tertiary/aromatic N) is 4. The Morgan fingerprint density at radius 3 is 1.78 bits per heavy atom. The minimum Gasteiger partial charge on any atom is -0.316 e. The van der Waals surface area contributed by atoms with Crippen LogP contribution in [0.25, 0.3) is 28.0 Å². The minimum absolute atomic E-state index is 0.0527. The van der Waals surface area contributed by atoms with Gasteiger partial charge in [0.05, 0.1) is 16.6 Å². The summed E-state index contributed by atoms with van der Waals surface area (Å²) in [6, 6.07) is 21.3. The highest BCUT2D eigenvalue weighted by Crippen LogP contribution is 2.29. The lowest BCUT2D eigenvalue weighted by atomic mass is 10.1. The molecule has 0 saturated heterocycles. The van der Waals surface area contributed by atoms with Crippen LogP contribution in [0.5, 0.6) is 0 Å². The van der Waals surface area contributed by atoms with Crippen molar-refractivity contribution in [2.24, 2.45) is 0 Å². The van der Waals surface area contributed by atoms with E-state index in [-0.39, 0.29) is 11.1 Å². The van der Waals surface area contributed by atoms with Crippen molar-refractivity contribution < 1.29 is 0 Å². The van der Waals surface area contributed by atoms with Crippen molar-refractivity contribution in [1.82, 2.24) is 4.57 Å². The molecule has 0 fully saturated rings. The summed E-state index contributed by atoms with van der Waals surface area (Å²) in [5.74, 6) is 0. The second-order valence-electron chi connectivity index (χ2n) is 4.84. The number of nitriles is 3. The predicted molar refractivity (Wildman–Crippen MR) is 88.6 cm³/mol. The molecule has 1 heterocycles. The molecule has 0 N–H and O–H groups in total. The van der Waals surface area contributed by atoms with Crippen LogP contribution < -0.4 is 0 Å². The van der Waals surface area contributed by atoms with Crippen molar-refractivity contribution >= 4 is 28.0 Å². The summed E-state index contributed by atoms with van der Waals surface area (Å²) < 4.78 is 1.95. The first kappa shape index (κ1) is 14.1. The highest BCUT2D eigenvalue weighted by Gasteiger charge is 2.08. The molecule has 0 unspecified atom stereocenters. The maximum atomic E-state index is 9.14. The van der Waals surface area contributed by atoms with E-state index >= 15 is 0 Å². The maximum Gasteiger partial charge on any atom is 0.147 e. The summed E-state index contributed by atoms with van der Waals surface area (Å²) >= 11 is 0. The van der Waals surface area contributed by atoms with Gasteiger partial charge in [0.15, 0.2) is 0 Å². The number of benzene rings is 2. The summed E-state index contributed by atoms with van der Waals surface area (Å²) in [7, 11) is 0. The van der Waals surface area contributed by atoms with E-state index in [4.69, 9.17) is 15.8 Å². The van der Waals surface area contributed by atoms with Gasteiger partial charge < -0.3 is 4.57 Å². The van der Waals surface area contributed by atoms with Crippen LogP contribution in [-0.2, 0) is 0 Å². The fourth-order valence-electron chi connectivity index (χ4n) is 2.58. The van der Waals surface area contributed by atoms with Crippen molar-refractivity contribution in [3.63, 3.8) is 0 Å². The summed E-state index contributed by atoms with van der Waals surface area (Å²) in [4.78, 5) is 0. The summed E-state index contributed by atoms with van der Waals surface area (Å²) in [5, 5.41) is 29.2. The minimum atomic E-state index is -0.190.